The van der Waals surface area contributed by atoms with Crippen molar-refractivity contribution in [2.45, 2.75) is 38.5 Å². The summed E-state index contributed by atoms with van der Waals surface area (Å²) in [5, 5.41) is 0. The van der Waals surface area contributed by atoms with E-state index in [2.05, 4.69) is 9.47 Å². The van der Waals surface area contributed by atoms with Crippen molar-refractivity contribution >= 4 is 23.6 Å². The lowest BCUT2D eigenvalue weighted by molar-refractivity contribution is -0.154. The molecule has 1 heterocycles. The fraction of sp³-hybridized carbons (Fsp3) is 0.733. The molecule has 0 aromatic carbocycles. The van der Waals surface area contributed by atoms with Crippen molar-refractivity contribution < 1.29 is 28.7 Å². The van der Waals surface area contributed by atoms with E-state index in [0.717, 1.165) is 39.5 Å². The fourth-order valence-corrected chi connectivity index (χ4v) is 2.49. The lowest BCUT2D eigenvalue weighted by atomic mass is 9.96. The predicted octanol–water partition coefficient (Wildman–Crippen LogP) is 0.700. The van der Waals surface area contributed by atoms with Gasteiger partial charge in [0.05, 0.1) is 20.1 Å². The van der Waals surface area contributed by atoms with Gasteiger partial charge >= 0.3 is 11.9 Å². The van der Waals surface area contributed by atoms with Crippen LogP contribution in [-0.2, 0) is 28.7 Å². The van der Waals surface area contributed by atoms with E-state index in [1.165, 1.54) is 7.11 Å². The molecule has 1 rings (SSSR count). The number of nitrogens with zero attached hydrogens (tertiary/aromatic N) is 1. The molecule has 22 heavy (non-hydrogen) atoms. The molecule has 1 aliphatic heterocycles. The van der Waals surface area contributed by atoms with Crippen molar-refractivity contribution in [3.05, 3.63) is 0 Å². The van der Waals surface area contributed by atoms with Crippen molar-refractivity contribution in [2.24, 2.45) is 5.92 Å². The summed E-state index contributed by atoms with van der Waals surface area (Å²) in [7, 11) is 2.32. The molecule has 0 N–H and O–H groups in total. The molecule has 1 aliphatic rings. The van der Waals surface area contributed by atoms with Crippen LogP contribution in [0.2, 0.25) is 0 Å². The van der Waals surface area contributed by atoms with Gasteiger partial charge in [-0.05, 0) is 25.7 Å². The minimum atomic E-state index is -0.990. The number of amides is 1. The quantitative estimate of drug-likeness (QED) is 0.508. The Labute approximate surface area is 129 Å². The predicted molar refractivity (Wildman–Crippen MR) is 76.8 cm³/mol. The maximum absolute atomic E-state index is 12.1. The molecule has 7 heteroatoms. The van der Waals surface area contributed by atoms with Crippen LogP contribution in [0.25, 0.3) is 0 Å². The molecule has 0 radical (unpaired) electrons. The molecular weight excluding hydrogens is 290 g/mol. The van der Waals surface area contributed by atoms with E-state index in [4.69, 9.17) is 0 Å². The number of methoxy groups -OCH3 is 2. The first-order valence-corrected chi connectivity index (χ1v) is 7.46. The molecule has 0 saturated carbocycles. The molecule has 1 unspecified atom stereocenters. The number of piperidine rings is 1. The van der Waals surface area contributed by atoms with Crippen LogP contribution >= 0.6 is 0 Å². The summed E-state index contributed by atoms with van der Waals surface area (Å²) in [6.45, 7) is 1.48. The normalized spacial score (nSPS) is 15.8. The molecule has 0 aromatic rings. The highest BCUT2D eigenvalue weighted by atomic mass is 16.5. The SMILES string of the molecule is COC(=O)C(=O)CC(CCC(=O)N1CCCCC1)C(=O)OC. The maximum Gasteiger partial charge on any atom is 0.374 e. The third-order valence-electron chi connectivity index (χ3n) is 3.79. The second kappa shape index (κ2) is 9.17. The second-order valence-electron chi connectivity index (χ2n) is 5.32. The van der Waals surface area contributed by atoms with Gasteiger partial charge in [-0.25, -0.2) is 4.79 Å². The molecule has 1 saturated heterocycles. The Balaban J connectivity index is 2.53. The van der Waals surface area contributed by atoms with Crippen LogP contribution in [0.5, 0.6) is 0 Å². The topological polar surface area (TPSA) is 90.0 Å². The van der Waals surface area contributed by atoms with Gasteiger partial charge in [-0.2, -0.15) is 0 Å². The molecule has 1 amide bonds. The van der Waals surface area contributed by atoms with Crippen LogP contribution in [-0.4, -0.2) is 55.8 Å². The number of carbonyl (C=O) groups is 4. The van der Waals surface area contributed by atoms with Gasteiger partial charge in [-0.15, -0.1) is 0 Å². The van der Waals surface area contributed by atoms with Crippen molar-refractivity contribution in [1.29, 1.82) is 0 Å². The average molecular weight is 313 g/mol. The largest absolute Gasteiger partial charge is 0.469 e. The molecule has 7 nitrogen and oxygen atoms in total. The number of rotatable bonds is 7. The van der Waals surface area contributed by atoms with Crippen LogP contribution < -0.4 is 0 Å². The Kier molecular flexibility index (Phi) is 7.56. The number of carbonyl (C=O) groups excluding carboxylic acids is 4. The summed E-state index contributed by atoms with van der Waals surface area (Å²) >= 11 is 0. The minimum Gasteiger partial charge on any atom is -0.469 e. The minimum absolute atomic E-state index is 0.0286. The zero-order chi connectivity index (χ0) is 16.5. The third-order valence-corrected chi connectivity index (χ3v) is 3.79. The van der Waals surface area contributed by atoms with E-state index in [1.807, 2.05) is 0 Å². The number of likely N-dealkylation sites (tertiary alicyclic amines) is 1. The zero-order valence-corrected chi connectivity index (χ0v) is 13.1. The zero-order valence-electron chi connectivity index (χ0n) is 13.1. The van der Waals surface area contributed by atoms with Gasteiger partial charge in [0.15, 0.2) is 0 Å². The standard InChI is InChI=1S/C15H23NO6/c1-21-14(19)11(10-12(17)15(20)22-2)6-7-13(18)16-8-4-3-5-9-16/h11H,3-10H2,1-2H3. The maximum atomic E-state index is 12.1. The van der Waals surface area contributed by atoms with Crippen LogP contribution in [0.4, 0.5) is 0 Å². The van der Waals surface area contributed by atoms with Gasteiger partial charge in [0.25, 0.3) is 0 Å². The van der Waals surface area contributed by atoms with E-state index >= 15 is 0 Å². The first-order valence-electron chi connectivity index (χ1n) is 7.46. The molecular formula is C15H23NO6. The second-order valence-corrected chi connectivity index (χ2v) is 5.32. The summed E-state index contributed by atoms with van der Waals surface area (Å²) in [6, 6.07) is 0. The van der Waals surface area contributed by atoms with E-state index in [-0.39, 0.29) is 25.2 Å². The molecule has 1 fully saturated rings. The van der Waals surface area contributed by atoms with E-state index in [0.29, 0.717) is 0 Å². The summed E-state index contributed by atoms with van der Waals surface area (Å²) in [6.07, 6.45) is 3.16. The van der Waals surface area contributed by atoms with Gasteiger partial charge in [-0.3, -0.25) is 14.4 Å². The Bertz CT molecular complexity index is 428. The lowest BCUT2D eigenvalue weighted by Gasteiger charge is -2.27. The van der Waals surface area contributed by atoms with Gasteiger partial charge in [-0.1, -0.05) is 0 Å². The monoisotopic (exact) mass is 313 g/mol. The molecule has 1 atom stereocenters. The smallest absolute Gasteiger partial charge is 0.374 e. The van der Waals surface area contributed by atoms with Gasteiger partial charge in [0.1, 0.15) is 0 Å². The number of hydrogen-bond donors (Lipinski definition) is 0. The third kappa shape index (κ3) is 5.46. The fourth-order valence-electron chi connectivity index (χ4n) is 2.49. The van der Waals surface area contributed by atoms with Crippen LogP contribution in [0.3, 0.4) is 0 Å². The van der Waals surface area contributed by atoms with Gasteiger partial charge < -0.3 is 14.4 Å². The average Bonchev–Trinajstić information content (AvgIpc) is 2.57. The van der Waals surface area contributed by atoms with Gasteiger partial charge in [0, 0.05) is 25.9 Å². The van der Waals surface area contributed by atoms with Crippen LogP contribution in [0.15, 0.2) is 0 Å². The highest BCUT2D eigenvalue weighted by Crippen LogP contribution is 2.17. The summed E-state index contributed by atoms with van der Waals surface area (Å²) in [5.74, 6) is -3.20. The number of esters is 2. The Hall–Kier alpha value is -1.92. The van der Waals surface area contributed by atoms with E-state index < -0.39 is 23.6 Å². The Morgan fingerprint density at radius 1 is 1.00 bits per heavy atom. The molecule has 124 valence electrons. The number of ether oxygens (including phenoxy) is 2. The van der Waals surface area contributed by atoms with E-state index in [9.17, 15) is 19.2 Å². The van der Waals surface area contributed by atoms with E-state index in [1.54, 1.807) is 4.90 Å². The Morgan fingerprint density at radius 3 is 2.18 bits per heavy atom. The molecule has 0 spiro atoms. The number of hydrogen-bond acceptors (Lipinski definition) is 6. The summed E-state index contributed by atoms with van der Waals surface area (Å²) in [5.41, 5.74) is 0. The lowest BCUT2D eigenvalue weighted by Crippen LogP contribution is -2.36. The van der Waals surface area contributed by atoms with Crippen molar-refractivity contribution in [1.82, 2.24) is 4.90 Å². The van der Waals surface area contributed by atoms with Crippen molar-refractivity contribution in [2.75, 3.05) is 27.3 Å². The molecule has 0 aromatic heterocycles. The molecule has 0 bridgehead atoms. The van der Waals surface area contributed by atoms with Gasteiger partial charge in [0.2, 0.25) is 11.7 Å². The number of ketones is 1. The van der Waals surface area contributed by atoms with Crippen LogP contribution in [0, 0.1) is 5.92 Å². The van der Waals surface area contributed by atoms with Crippen molar-refractivity contribution in [3.8, 4) is 0 Å². The molecule has 0 aliphatic carbocycles. The highest BCUT2D eigenvalue weighted by molar-refractivity contribution is 6.33. The highest BCUT2D eigenvalue weighted by Gasteiger charge is 2.28. The van der Waals surface area contributed by atoms with Crippen LogP contribution in [0.1, 0.15) is 38.5 Å². The first kappa shape index (κ1) is 18.1. The first-order chi connectivity index (χ1) is 10.5. The summed E-state index contributed by atoms with van der Waals surface area (Å²) in [4.78, 5) is 48.3. The summed E-state index contributed by atoms with van der Waals surface area (Å²) < 4.78 is 8.97. The Morgan fingerprint density at radius 2 is 1.64 bits per heavy atom. The van der Waals surface area contributed by atoms with Crippen molar-refractivity contribution in [3.63, 3.8) is 0 Å². The number of Topliss-reactive ketones (excluding diaryl/α,β-unsaturated/α-hetero) is 1.